The molecule has 6 nitrogen and oxygen atoms in total. The van der Waals surface area contributed by atoms with Gasteiger partial charge in [0.15, 0.2) is 0 Å². The molecule has 2 aliphatic heterocycles. The summed E-state index contributed by atoms with van der Waals surface area (Å²) < 4.78 is 17.0. The van der Waals surface area contributed by atoms with Gasteiger partial charge >= 0.3 is 25.3 Å². The molecule has 0 spiro atoms. The summed E-state index contributed by atoms with van der Waals surface area (Å²) in [5.74, 6) is 0. The maximum atomic E-state index is 8.50. The number of hydrogen-bond donors (Lipinski definition) is 2. The molecule has 0 radical (unpaired) electrons. The Morgan fingerprint density at radius 1 is 0.556 bits per heavy atom. The van der Waals surface area contributed by atoms with Crippen molar-refractivity contribution >= 4 is 46.4 Å². The van der Waals surface area contributed by atoms with Gasteiger partial charge in [0.05, 0.1) is 22.8 Å². The third-order valence-corrected chi connectivity index (χ3v) is 4.04. The van der Waals surface area contributed by atoms with Gasteiger partial charge in [-0.3, -0.25) is 0 Å². The van der Waals surface area contributed by atoms with Crippen LogP contribution in [-0.4, -0.2) is 19.9 Å². The normalized spacial score (nSPS) is 11.7. The number of aromatic amines is 2. The van der Waals surface area contributed by atoms with Gasteiger partial charge in [-0.25, -0.2) is 9.97 Å². The molecule has 3 aromatic rings. The van der Waals surface area contributed by atoms with E-state index < -0.39 is 18.5 Å². The van der Waals surface area contributed by atoms with Gasteiger partial charge in [-0.2, -0.15) is 0 Å². The van der Waals surface area contributed by atoms with Crippen molar-refractivity contribution in [2.45, 2.75) is 0 Å². The summed E-state index contributed by atoms with van der Waals surface area (Å²) in [5, 5.41) is 0. The molecule has 2 aliphatic rings. The predicted molar refractivity (Wildman–Crippen MR) is 100 cm³/mol. The minimum atomic E-state index is -2.03. The first-order valence-corrected chi connectivity index (χ1v) is 9.82. The molecule has 2 N–H and O–H groups in total. The summed E-state index contributed by atoms with van der Waals surface area (Å²) in [4.78, 5) is 16.0. The summed E-state index contributed by atoms with van der Waals surface area (Å²) >= 11 is -2.03. The second-order valence-corrected chi connectivity index (χ2v) is 6.31. The summed E-state index contributed by atoms with van der Waals surface area (Å²) in [6.07, 6.45) is 8.09. The quantitative estimate of drug-likeness (QED) is 0.350. The molecule has 0 aliphatic carbocycles. The van der Waals surface area contributed by atoms with Crippen molar-refractivity contribution in [2.24, 2.45) is 0 Å². The summed E-state index contributed by atoms with van der Waals surface area (Å²) in [5.41, 5.74) is 7.86. The number of H-pyrrole nitrogens is 2. The molecule has 0 saturated heterocycles. The van der Waals surface area contributed by atoms with Crippen LogP contribution in [0, 0.1) is 0 Å². The van der Waals surface area contributed by atoms with Crippen LogP contribution in [0.3, 0.4) is 0 Å². The number of nitrogens with zero attached hydrogens (tertiary/aromatic N) is 2. The van der Waals surface area contributed by atoms with Gasteiger partial charge in [0, 0.05) is 22.1 Å². The van der Waals surface area contributed by atoms with Crippen LogP contribution in [-0.2, 0) is 25.3 Å². The second kappa shape index (κ2) is 7.64. The zero-order valence-corrected chi connectivity index (χ0v) is 16.1. The average molecular weight is 438 g/mol. The first-order chi connectivity index (χ1) is 13.2. The van der Waals surface area contributed by atoms with Crippen molar-refractivity contribution < 1.29 is 25.3 Å². The Hall–Kier alpha value is -3.11. The zero-order chi connectivity index (χ0) is 18.6. The zero-order valence-electron chi connectivity index (χ0n) is 14.0. The third-order valence-electron chi connectivity index (χ3n) is 4.04. The fraction of sp³-hybridized carbons (Fsp3) is 0. The van der Waals surface area contributed by atoms with E-state index in [0.29, 0.717) is 0 Å². The Kier molecular flexibility index (Phi) is 4.90. The fourth-order valence-corrected chi connectivity index (χ4v) is 2.94. The summed E-state index contributed by atoms with van der Waals surface area (Å²) in [6, 6.07) is 16.4. The minimum absolute atomic E-state index is 0.939. The Morgan fingerprint density at radius 3 is 1.07 bits per heavy atom. The molecular formula is C20H14MoN4O2. The SMILES string of the molecule is C1=Cc2cc3ccc(cc4nc(cc5ccc(cc1n2)[nH]5)C=C4)[nH]3.[O]=[Mo]=[O]. The van der Waals surface area contributed by atoms with Crippen LogP contribution in [0.1, 0.15) is 22.8 Å². The van der Waals surface area contributed by atoms with Crippen LogP contribution in [0.5, 0.6) is 0 Å². The van der Waals surface area contributed by atoms with Crippen LogP contribution in [0.15, 0.2) is 48.5 Å². The Bertz CT molecular complexity index is 1090. The van der Waals surface area contributed by atoms with Crippen LogP contribution in [0.4, 0.5) is 0 Å². The van der Waals surface area contributed by atoms with E-state index in [1.165, 1.54) is 0 Å². The van der Waals surface area contributed by atoms with E-state index in [1.807, 2.05) is 48.6 Å². The van der Waals surface area contributed by atoms with Gasteiger partial charge in [0.2, 0.25) is 0 Å². The molecule has 0 amide bonds. The van der Waals surface area contributed by atoms with Gasteiger partial charge in [-0.15, -0.1) is 0 Å². The van der Waals surface area contributed by atoms with Crippen molar-refractivity contribution in [1.29, 1.82) is 0 Å². The molecule has 27 heavy (non-hydrogen) atoms. The van der Waals surface area contributed by atoms with Crippen molar-refractivity contribution in [1.82, 2.24) is 19.9 Å². The van der Waals surface area contributed by atoms with Crippen molar-refractivity contribution in [3.63, 3.8) is 0 Å². The second-order valence-electron chi connectivity index (χ2n) is 5.97. The third kappa shape index (κ3) is 4.18. The molecule has 0 atom stereocenters. The first-order valence-electron chi connectivity index (χ1n) is 8.18. The van der Waals surface area contributed by atoms with E-state index in [-0.39, 0.29) is 0 Å². The maximum absolute atomic E-state index is 8.50. The van der Waals surface area contributed by atoms with Crippen LogP contribution >= 0.6 is 0 Å². The molecule has 132 valence electrons. The van der Waals surface area contributed by atoms with Crippen molar-refractivity contribution in [3.05, 3.63) is 71.3 Å². The number of hydrogen-bond acceptors (Lipinski definition) is 4. The van der Waals surface area contributed by atoms with Gasteiger partial charge in [0.1, 0.15) is 0 Å². The molecule has 0 fully saturated rings. The number of aromatic nitrogens is 4. The fourth-order valence-electron chi connectivity index (χ4n) is 2.94. The van der Waals surface area contributed by atoms with E-state index in [1.54, 1.807) is 0 Å². The van der Waals surface area contributed by atoms with Crippen molar-refractivity contribution in [3.8, 4) is 0 Å². The van der Waals surface area contributed by atoms with E-state index in [0.717, 1.165) is 44.8 Å². The van der Waals surface area contributed by atoms with E-state index in [4.69, 9.17) is 6.80 Å². The molecule has 5 rings (SSSR count). The molecule has 3 aromatic heterocycles. The number of fused-ring (bicyclic) bond motifs is 8. The van der Waals surface area contributed by atoms with Gasteiger partial charge in [-0.1, -0.05) is 0 Å². The molecular weight excluding hydrogens is 424 g/mol. The predicted octanol–water partition coefficient (Wildman–Crippen LogP) is 4.42. The Balaban J connectivity index is 0.000000565. The molecule has 8 bridgehead atoms. The summed E-state index contributed by atoms with van der Waals surface area (Å²) in [7, 11) is 0. The van der Waals surface area contributed by atoms with Gasteiger partial charge in [-0.05, 0) is 72.8 Å². The molecule has 0 unspecified atom stereocenters. The standard InChI is InChI=1S/C20H14N4.Mo.2O/c1-2-14-10-16-5-6-18(23-16)12-20-8-7-19(24-20)11-17-4-3-15(22-17)9-13(1)21-14;;;/h1-12,21,24H;;;. The monoisotopic (exact) mass is 440 g/mol. The molecule has 7 heteroatoms. The Labute approximate surface area is 162 Å². The summed E-state index contributed by atoms with van der Waals surface area (Å²) in [6.45, 7) is 0. The number of nitrogens with one attached hydrogen (secondary N) is 2. The van der Waals surface area contributed by atoms with E-state index >= 15 is 0 Å². The first kappa shape index (κ1) is 17.3. The molecule has 0 saturated carbocycles. The molecule has 5 heterocycles. The van der Waals surface area contributed by atoms with E-state index in [9.17, 15) is 0 Å². The van der Waals surface area contributed by atoms with Crippen molar-refractivity contribution in [2.75, 3.05) is 0 Å². The van der Waals surface area contributed by atoms with Crippen LogP contribution < -0.4 is 0 Å². The van der Waals surface area contributed by atoms with Crippen LogP contribution in [0.25, 0.3) is 46.4 Å². The van der Waals surface area contributed by atoms with Crippen LogP contribution in [0.2, 0.25) is 0 Å². The topological polar surface area (TPSA) is 91.5 Å². The van der Waals surface area contributed by atoms with Gasteiger partial charge < -0.3 is 9.97 Å². The average Bonchev–Trinajstić information content (AvgIpc) is 3.41. The van der Waals surface area contributed by atoms with E-state index in [2.05, 4.69) is 44.2 Å². The van der Waals surface area contributed by atoms with Gasteiger partial charge in [0.25, 0.3) is 0 Å². The molecule has 0 aromatic carbocycles. The number of rotatable bonds is 0. The Morgan fingerprint density at radius 2 is 0.815 bits per heavy atom.